The van der Waals surface area contributed by atoms with Gasteiger partial charge in [0.25, 0.3) is 0 Å². The fourth-order valence-corrected chi connectivity index (χ4v) is 3.72. The fraction of sp³-hybridized carbons (Fsp3) is 0.556. The van der Waals surface area contributed by atoms with Crippen LogP contribution < -0.4 is 15.6 Å². The van der Waals surface area contributed by atoms with E-state index >= 15 is 0 Å². The molecule has 1 saturated heterocycles. The number of phenolic OH excluding ortho intramolecular Hbond substituents is 1. The van der Waals surface area contributed by atoms with Crippen LogP contribution in [0, 0.1) is 5.82 Å². The first kappa shape index (κ1) is 19.0. The molecule has 1 aliphatic carbocycles. The molecular weight excluding hydrogens is 355 g/mol. The Labute approximate surface area is 158 Å². The highest BCUT2D eigenvalue weighted by molar-refractivity contribution is 7.80. The van der Waals surface area contributed by atoms with Crippen molar-refractivity contribution >= 4 is 23.0 Å². The molecular formula is C18H26FN4O2S+. The predicted molar refractivity (Wildman–Crippen MR) is 102 cm³/mol. The number of quaternary nitrogens is 1. The van der Waals surface area contributed by atoms with Gasteiger partial charge in [-0.25, -0.2) is 4.39 Å². The monoisotopic (exact) mass is 381 g/mol. The highest BCUT2D eigenvalue weighted by atomic mass is 32.1. The first-order valence-electron chi connectivity index (χ1n) is 9.09. The van der Waals surface area contributed by atoms with E-state index in [0.717, 1.165) is 45.8 Å². The van der Waals surface area contributed by atoms with Gasteiger partial charge in [-0.1, -0.05) is 6.92 Å². The molecule has 1 atom stereocenters. The smallest absolute Gasteiger partial charge is 0.186 e. The zero-order chi connectivity index (χ0) is 18.5. The van der Waals surface area contributed by atoms with Crippen molar-refractivity contribution < 1.29 is 19.1 Å². The Morgan fingerprint density at radius 2 is 2.19 bits per heavy atom. The average Bonchev–Trinajstić information content (AvgIpc) is 2.99. The van der Waals surface area contributed by atoms with Crippen molar-refractivity contribution in [3.63, 3.8) is 0 Å². The minimum Gasteiger partial charge on any atom is -0.507 e. The summed E-state index contributed by atoms with van der Waals surface area (Å²) < 4.78 is 19.4. The minimum atomic E-state index is -0.304. The van der Waals surface area contributed by atoms with E-state index in [9.17, 15) is 9.50 Å². The number of hydrogen-bond acceptors (Lipinski definition) is 4. The van der Waals surface area contributed by atoms with E-state index < -0.39 is 0 Å². The van der Waals surface area contributed by atoms with Crippen LogP contribution in [-0.4, -0.2) is 55.3 Å². The summed E-state index contributed by atoms with van der Waals surface area (Å²) >= 11 is 5.25. The predicted octanol–water partition coefficient (Wildman–Crippen LogP) is 0.512. The minimum absolute atomic E-state index is 0.0179. The van der Waals surface area contributed by atoms with E-state index in [1.807, 2.05) is 6.92 Å². The van der Waals surface area contributed by atoms with E-state index in [2.05, 4.69) is 15.8 Å². The molecule has 0 amide bonds. The number of hydrazone groups is 1. The van der Waals surface area contributed by atoms with Crippen molar-refractivity contribution in [3.05, 3.63) is 29.1 Å². The van der Waals surface area contributed by atoms with E-state index in [1.165, 1.54) is 12.1 Å². The molecule has 1 fully saturated rings. The third kappa shape index (κ3) is 4.49. The fourth-order valence-electron chi connectivity index (χ4n) is 3.57. The van der Waals surface area contributed by atoms with Gasteiger partial charge in [-0.3, -0.25) is 5.43 Å². The summed E-state index contributed by atoms with van der Waals surface area (Å²) in [5.74, 6) is -0.267. The summed E-state index contributed by atoms with van der Waals surface area (Å²) in [7, 11) is 0. The van der Waals surface area contributed by atoms with Gasteiger partial charge in [0.05, 0.1) is 25.5 Å². The maximum atomic E-state index is 14.0. The molecule has 6 nitrogen and oxygen atoms in total. The van der Waals surface area contributed by atoms with Crippen molar-refractivity contribution in [1.29, 1.82) is 0 Å². The molecule has 3 rings (SSSR count). The van der Waals surface area contributed by atoms with Crippen LogP contribution in [0.3, 0.4) is 0 Å². The number of phenols is 1. The summed E-state index contributed by atoms with van der Waals surface area (Å²) in [5, 5.41) is 17.9. The molecule has 1 aliphatic heterocycles. The lowest BCUT2D eigenvalue weighted by Crippen LogP contribution is -3.14. The molecule has 0 bridgehead atoms. The molecule has 4 N–H and O–H groups in total. The Morgan fingerprint density at radius 3 is 2.96 bits per heavy atom. The molecule has 0 saturated carbocycles. The highest BCUT2D eigenvalue weighted by Crippen LogP contribution is 2.39. The zero-order valence-electron chi connectivity index (χ0n) is 15.0. The summed E-state index contributed by atoms with van der Waals surface area (Å²) in [6.07, 6.45) is 1.58. The van der Waals surface area contributed by atoms with Gasteiger partial charge in [-0.05, 0) is 36.7 Å². The van der Waals surface area contributed by atoms with Crippen LogP contribution in [0.25, 0.3) is 0 Å². The number of halogens is 1. The number of rotatable bonds is 5. The Hall–Kier alpha value is -1.77. The van der Waals surface area contributed by atoms with Crippen molar-refractivity contribution in [2.45, 2.75) is 25.7 Å². The number of aromatic hydroxyl groups is 1. The lowest BCUT2D eigenvalue weighted by Gasteiger charge is -2.23. The number of nitrogens with zero attached hydrogens (tertiary/aromatic N) is 1. The molecule has 1 heterocycles. The third-order valence-electron chi connectivity index (χ3n) is 4.94. The molecule has 0 aromatic heterocycles. The van der Waals surface area contributed by atoms with E-state index in [-0.39, 0.29) is 17.5 Å². The molecule has 26 heavy (non-hydrogen) atoms. The molecule has 8 heteroatoms. The summed E-state index contributed by atoms with van der Waals surface area (Å²) in [4.78, 5) is 1.56. The Kier molecular flexibility index (Phi) is 6.39. The number of fused-ring (bicyclic) bond motifs is 1. The molecule has 0 radical (unpaired) electrons. The Morgan fingerprint density at radius 1 is 1.42 bits per heavy atom. The molecule has 0 unspecified atom stereocenters. The highest BCUT2D eigenvalue weighted by Gasteiger charge is 2.30. The van der Waals surface area contributed by atoms with Gasteiger partial charge in [-0.15, -0.1) is 0 Å². The molecule has 1 aromatic carbocycles. The lowest BCUT2D eigenvalue weighted by molar-refractivity contribution is -0.908. The van der Waals surface area contributed by atoms with Gasteiger partial charge in [0.1, 0.15) is 24.7 Å². The van der Waals surface area contributed by atoms with E-state index in [1.54, 1.807) is 4.90 Å². The Bertz CT molecular complexity index is 692. The maximum absolute atomic E-state index is 14.0. The first-order chi connectivity index (χ1) is 12.6. The third-order valence-corrected chi connectivity index (χ3v) is 5.17. The van der Waals surface area contributed by atoms with Gasteiger partial charge in [0.2, 0.25) is 0 Å². The van der Waals surface area contributed by atoms with Crippen LogP contribution >= 0.6 is 12.2 Å². The summed E-state index contributed by atoms with van der Waals surface area (Å²) in [6, 6.07) is 2.66. The number of ether oxygens (including phenoxy) is 1. The normalized spacial score (nSPS) is 21.6. The van der Waals surface area contributed by atoms with Crippen molar-refractivity contribution in [2.75, 3.05) is 39.4 Å². The van der Waals surface area contributed by atoms with Crippen molar-refractivity contribution in [3.8, 4) is 5.75 Å². The second kappa shape index (κ2) is 8.75. The van der Waals surface area contributed by atoms with Gasteiger partial charge in [0, 0.05) is 24.1 Å². The molecule has 0 spiro atoms. The second-order valence-electron chi connectivity index (χ2n) is 6.85. The molecule has 2 aliphatic rings. The maximum Gasteiger partial charge on any atom is 0.186 e. The zero-order valence-corrected chi connectivity index (χ0v) is 15.8. The van der Waals surface area contributed by atoms with E-state index in [4.69, 9.17) is 17.0 Å². The van der Waals surface area contributed by atoms with Crippen LogP contribution in [0.4, 0.5) is 4.39 Å². The number of thiocarbonyl (C=S) groups is 1. The largest absolute Gasteiger partial charge is 0.507 e. The number of benzene rings is 1. The number of nitrogens with one attached hydrogen (secondary N) is 3. The van der Waals surface area contributed by atoms with Crippen LogP contribution in [0.1, 0.15) is 36.8 Å². The Balaban J connectivity index is 1.48. The van der Waals surface area contributed by atoms with Gasteiger partial charge >= 0.3 is 0 Å². The quantitative estimate of drug-likeness (QED) is 0.340. The van der Waals surface area contributed by atoms with Gasteiger partial charge in [0.15, 0.2) is 5.11 Å². The molecule has 142 valence electrons. The second-order valence-corrected chi connectivity index (χ2v) is 7.26. The van der Waals surface area contributed by atoms with E-state index in [0.29, 0.717) is 28.4 Å². The number of hydrogen-bond donors (Lipinski definition) is 4. The van der Waals surface area contributed by atoms with Crippen molar-refractivity contribution in [2.24, 2.45) is 5.10 Å². The van der Waals surface area contributed by atoms with Crippen LogP contribution in [0.5, 0.6) is 5.75 Å². The number of morpholine rings is 1. The summed E-state index contributed by atoms with van der Waals surface area (Å²) in [6.45, 7) is 7.59. The lowest BCUT2D eigenvalue weighted by atomic mass is 10.0. The molecule has 1 aromatic rings. The standard InChI is InChI=1S/C18H25FN4O2S/c1-12-11-14(17-15(24)4-3-13(19)16(12)17)21-22-18(26)20-5-2-6-23-7-9-25-10-8-23/h3-4,12,24H,2,5-11H2,1H3,(H2,20,22,26)/p+1/b21-14+/t12-/m0/s1. The van der Waals surface area contributed by atoms with Crippen molar-refractivity contribution in [1.82, 2.24) is 10.7 Å². The van der Waals surface area contributed by atoms with Gasteiger partial charge < -0.3 is 20.1 Å². The average molecular weight is 381 g/mol. The topological polar surface area (TPSA) is 70.3 Å². The SMILES string of the molecule is C[C@H]1C/C(=N\NC(=S)NCCC[NH+]2CCOCC2)c2c(O)ccc(F)c21. The van der Waals surface area contributed by atoms with Crippen LogP contribution in [0.2, 0.25) is 0 Å². The van der Waals surface area contributed by atoms with Gasteiger partial charge in [-0.2, -0.15) is 5.10 Å². The summed E-state index contributed by atoms with van der Waals surface area (Å²) in [5.41, 5.74) is 4.47. The van der Waals surface area contributed by atoms with Crippen LogP contribution in [-0.2, 0) is 4.74 Å². The van der Waals surface area contributed by atoms with Crippen LogP contribution in [0.15, 0.2) is 17.2 Å². The first-order valence-corrected chi connectivity index (χ1v) is 9.50.